The Bertz CT molecular complexity index is 363. The van der Waals surface area contributed by atoms with E-state index in [2.05, 4.69) is 21.8 Å². The summed E-state index contributed by atoms with van der Waals surface area (Å²) in [6.45, 7) is 6.06. The third-order valence-corrected chi connectivity index (χ3v) is 3.08. The van der Waals surface area contributed by atoms with E-state index in [4.69, 9.17) is 5.11 Å². The average Bonchev–Trinajstić information content (AvgIpc) is 3.09. The van der Waals surface area contributed by atoms with Crippen molar-refractivity contribution in [2.24, 2.45) is 5.92 Å². The zero-order valence-corrected chi connectivity index (χ0v) is 9.98. The molecule has 16 heavy (non-hydrogen) atoms. The first-order valence-corrected chi connectivity index (χ1v) is 5.93. The van der Waals surface area contributed by atoms with Gasteiger partial charge in [-0.2, -0.15) is 0 Å². The Hall–Kier alpha value is -1.16. The molecule has 0 radical (unpaired) electrons. The van der Waals surface area contributed by atoms with Crippen LogP contribution >= 0.6 is 0 Å². The van der Waals surface area contributed by atoms with E-state index >= 15 is 0 Å². The van der Waals surface area contributed by atoms with Crippen LogP contribution in [0.3, 0.4) is 0 Å². The van der Waals surface area contributed by atoms with E-state index in [0.717, 1.165) is 36.2 Å². The highest BCUT2D eigenvalue weighted by molar-refractivity contribution is 5.32. The molecule has 0 unspecified atom stereocenters. The molecular weight excluding hydrogens is 202 g/mol. The van der Waals surface area contributed by atoms with Gasteiger partial charge in [0.25, 0.3) is 0 Å². The van der Waals surface area contributed by atoms with Crippen LogP contribution in [0.2, 0.25) is 0 Å². The molecule has 1 fully saturated rings. The fraction of sp³-hybridized carbons (Fsp3) is 0.667. The van der Waals surface area contributed by atoms with E-state index in [-0.39, 0.29) is 6.61 Å². The smallest absolute Gasteiger partial charge is 0.225 e. The van der Waals surface area contributed by atoms with Crippen molar-refractivity contribution >= 4 is 5.95 Å². The second-order valence-electron chi connectivity index (χ2n) is 4.42. The van der Waals surface area contributed by atoms with Crippen molar-refractivity contribution in [3.8, 4) is 0 Å². The van der Waals surface area contributed by atoms with Crippen LogP contribution in [0, 0.1) is 12.8 Å². The van der Waals surface area contributed by atoms with Crippen molar-refractivity contribution in [2.45, 2.75) is 33.3 Å². The number of aliphatic hydroxyl groups excluding tert-OH is 1. The maximum Gasteiger partial charge on any atom is 0.225 e. The van der Waals surface area contributed by atoms with Gasteiger partial charge in [0.05, 0.1) is 6.61 Å². The number of hydrogen-bond donors (Lipinski definition) is 1. The zero-order chi connectivity index (χ0) is 11.5. The van der Waals surface area contributed by atoms with Gasteiger partial charge in [0.2, 0.25) is 5.95 Å². The molecule has 1 saturated carbocycles. The van der Waals surface area contributed by atoms with Gasteiger partial charge in [-0.25, -0.2) is 9.97 Å². The summed E-state index contributed by atoms with van der Waals surface area (Å²) >= 11 is 0. The second-order valence-corrected chi connectivity index (χ2v) is 4.42. The summed E-state index contributed by atoms with van der Waals surface area (Å²) in [6, 6.07) is 0. The standard InChI is InChI=1S/C12H19N3O/c1-3-15(7-10-4-5-10)12-13-6-11(8-16)9(2)14-12/h6,10,16H,3-5,7-8H2,1-2H3. The molecule has 0 atom stereocenters. The summed E-state index contributed by atoms with van der Waals surface area (Å²) in [5, 5.41) is 9.07. The minimum Gasteiger partial charge on any atom is -0.392 e. The minimum absolute atomic E-state index is 0.0147. The Kier molecular flexibility index (Phi) is 3.39. The quantitative estimate of drug-likeness (QED) is 0.819. The number of rotatable bonds is 5. The molecule has 0 aliphatic heterocycles. The molecule has 1 N–H and O–H groups in total. The van der Waals surface area contributed by atoms with Crippen LogP contribution in [0.5, 0.6) is 0 Å². The lowest BCUT2D eigenvalue weighted by molar-refractivity contribution is 0.280. The molecule has 1 aromatic heterocycles. The first-order valence-electron chi connectivity index (χ1n) is 5.93. The van der Waals surface area contributed by atoms with E-state index in [9.17, 15) is 0 Å². The molecular formula is C12H19N3O. The van der Waals surface area contributed by atoms with Gasteiger partial charge in [-0.15, -0.1) is 0 Å². The fourth-order valence-electron chi connectivity index (χ4n) is 1.75. The zero-order valence-electron chi connectivity index (χ0n) is 9.98. The normalized spacial score (nSPS) is 15.2. The van der Waals surface area contributed by atoms with Crippen LogP contribution in [-0.4, -0.2) is 28.2 Å². The molecule has 4 heteroatoms. The number of aromatic nitrogens is 2. The fourth-order valence-corrected chi connectivity index (χ4v) is 1.75. The Morgan fingerprint density at radius 1 is 1.50 bits per heavy atom. The van der Waals surface area contributed by atoms with Crippen molar-refractivity contribution in [3.63, 3.8) is 0 Å². The van der Waals surface area contributed by atoms with Crippen LogP contribution in [0.25, 0.3) is 0 Å². The minimum atomic E-state index is 0.0147. The number of nitrogens with zero attached hydrogens (tertiary/aromatic N) is 3. The third-order valence-electron chi connectivity index (χ3n) is 3.08. The molecule has 1 heterocycles. The van der Waals surface area contributed by atoms with Crippen LogP contribution in [0.15, 0.2) is 6.20 Å². The van der Waals surface area contributed by atoms with E-state index in [0.29, 0.717) is 0 Å². The van der Waals surface area contributed by atoms with Gasteiger partial charge in [0, 0.05) is 30.5 Å². The maximum atomic E-state index is 9.07. The van der Waals surface area contributed by atoms with Crippen molar-refractivity contribution in [1.82, 2.24) is 9.97 Å². The van der Waals surface area contributed by atoms with E-state index in [1.54, 1.807) is 6.20 Å². The lowest BCUT2D eigenvalue weighted by Gasteiger charge is -2.21. The van der Waals surface area contributed by atoms with E-state index in [1.807, 2.05) is 6.92 Å². The van der Waals surface area contributed by atoms with Crippen molar-refractivity contribution < 1.29 is 5.11 Å². The lowest BCUT2D eigenvalue weighted by atomic mass is 10.2. The van der Waals surface area contributed by atoms with Crippen molar-refractivity contribution in [3.05, 3.63) is 17.5 Å². The molecule has 1 aliphatic carbocycles. The van der Waals surface area contributed by atoms with Crippen molar-refractivity contribution in [1.29, 1.82) is 0 Å². The Balaban J connectivity index is 2.13. The van der Waals surface area contributed by atoms with Gasteiger partial charge in [0.1, 0.15) is 0 Å². The topological polar surface area (TPSA) is 49.2 Å². The predicted octanol–water partition coefficient (Wildman–Crippen LogP) is 1.51. The number of anilines is 1. The van der Waals surface area contributed by atoms with Gasteiger partial charge in [-0.3, -0.25) is 0 Å². The molecule has 4 nitrogen and oxygen atoms in total. The molecule has 0 amide bonds. The number of aryl methyl sites for hydroxylation is 1. The summed E-state index contributed by atoms with van der Waals surface area (Å²) in [5.41, 5.74) is 1.69. The first-order chi connectivity index (χ1) is 7.74. The molecule has 1 aliphatic rings. The van der Waals surface area contributed by atoms with Gasteiger partial charge >= 0.3 is 0 Å². The summed E-state index contributed by atoms with van der Waals surface area (Å²) < 4.78 is 0. The Morgan fingerprint density at radius 2 is 2.25 bits per heavy atom. The first kappa shape index (κ1) is 11.3. The Morgan fingerprint density at radius 3 is 2.75 bits per heavy atom. The van der Waals surface area contributed by atoms with Gasteiger partial charge in [-0.05, 0) is 32.6 Å². The molecule has 0 spiro atoms. The third kappa shape index (κ3) is 2.50. The van der Waals surface area contributed by atoms with E-state index < -0.39 is 0 Å². The summed E-state index contributed by atoms with van der Waals surface area (Å²) in [4.78, 5) is 11.0. The van der Waals surface area contributed by atoms with E-state index in [1.165, 1.54) is 12.8 Å². The lowest BCUT2D eigenvalue weighted by Crippen LogP contribution is -2.27. The molecule has 0 aromatic carbocycles. The summed E-state index contributed by atoms with van der Waals surface area (Å²) in [5.74, 6) is 1.63. The number of aliphatic hydroxyl groups is 1. The van der Waals surface area contributed by atoms with Crippen LogP contribution in [0.1, 0.15) is 31.0 Å². The predicted molar refractivity (Wildman–Crippen MR) is 63.3 cm³/mol. The highest BCUT2D eigenvalue weighted by Gasteiger charge is 2.24. The molecule has 1 aromatic rings. The van der Waals surface area contributed by atoms with Gasteiger partial charge in [-0.1, -0.05) is 0 Å². The average molecular weight is 221 g/mol. The van der Waals surface area contributed by atoms with Crippen LogP contribution in [0.4, 0.5) is 5.95 Å². The van der Waals surface area contributed by atoms with Gasteiger partial charge in [0.15, 0.2) is 0 Å². The molecule has 88 valence electrons. The van der Waals surface area contributed by atoms with Crippen LogP contribution < -0.4 is 4.90 Å². The van der Waals surface area contributed by atoms with Crippen LogP contribution in [-0.2, 0) is 6.61 Å². The molecule has 2 rings (SSSR count). The molecule has 0 saturated heterocycles. The molecule has 0 bridgehead atoms. The number of hydrogen-bond acceptors (Lipinski definition) is 4. The highest BCUT2D eigenvalue weighted by Crippen LogP contribution is 2.30. The monoisotopic (exact) mass is 221 g/mol. The second kappa shape index (κ2) is 4.78. The summed E-state index contributed by atoms with van der Waals surface area (Å²) in [7, 11) is 0. The maximum absolute atomic E-state index is 9.07. The van der Waals surface area contributed by atoms with Gasteiger partial charge < -0.3 is 10.0 Å². The largest absolute Gasteiger partial charge is 0.392 e. The highest BCUT2D eigenvalue weighted by atomic mass is 16.3. The van der Waals surface area contributed by atoms with Crippen molar-refractivity contribution in [2.75, 3.05) is 18.0 Å². The summed E-state index contributed by atoms with van der Waals surface area (Å²) in [6.07, 6.45) is 4.40. The SMILES string of the molecule is CCN(CC1CC1)c1ncc(CO)c(C)n1. The Labute approximate surface area is 96.3 Å².